The molecule has 1 saturated heterocycles. The van der Waals surface area contributed by atoms with Crippen molar-refractivity contribution in [3.05, 3.63) is 11.9 Å². The molecule has 2 rings (SSSR count). The van der Waals surface area contributed by atoms with Gasteiger partial charge in [0.1, 0.15) is 17.5 Å². The fourth-order valence-electron chi connectivity index (χ4n) is 2.67. The molecular weight excluding hydrogens is 262 g/mol. The maximum atomic E-state index is 4.81. The highest BCUT2D eigenvalue weighted by atomic mass is 15.2. The number of hydrogen-bond acceptors (Lipinski definition) is 5. The second-order valence-corrected chi connectivity index (χ2v) is 7.12. The summed E-state index contributed by atoms with van der Waals surface area (Å²) in [5, 5.41) is 3.16. The molecule has 1 aromatic heterocycles. The Morgan fingerprint density at radius 3 is 2.29 bits per heavy atom. The standard InChI is InChI=1S/C16H29N5/c1-16(2,3)15-18-13(17-4)11-14(19-15)21-9-7-12(8-10-21)20(5)6/h11-12H,7-10H2,1-6H3,(H,17,18,19). The van der Waals surface area contributed by atoms with Crippen LogP contribution in [0.5, 0.6) is 0 Å². The van der Waals surface area contributed by atoms with Crippen molar-refractivity contribution in [2.24, 2.45) is 0 Å². The molecule has 118 valence electrons. The summed E-state index contributed by atoms with van der Waals surface area (Å²) in [7, 11) is 6.25. The van der Waals surface area contributed by atoms with E-state index in [0.29, 0.717) is 6.04 Å². The van der Waals surface area contributed by atoms with Gasteiger partial charge in [-0.1, -0.05) is 20.8 Å². The third-order valence-corrected chi connectivity index (χ3v) is 4.16. The largest absolute Gasteiger partial charge is 0.373 e. The zero-order valence-electron chi connectivity index (χ0n) is 14.3. The Labute approximate surface area is 128 Å². The van der Waals surface area contributed by atoms with Gasteiger partial charge in [0.05, 0.1) is 0 Å². The summed E-state index contributed by atoms with van der Waals surface area (Å²) in [5.74, 6) is 2.86. The third-order valence-electron chi connectivity index (χ3n) is 4.16. The summed E-state index contributed by atoms with van der Waals surface area (Å²) < 4.78 is 0. The smallest absolute Gasteiger partial charge is 0.138 e. The normalized spacial score (nSPS) is 17.4. The molecule has 0 amide bonds. The molecule has 0 atom stereocenters. The average molecular weight is 291 g/mol. The predicted octanol–water partition coefficient (Wildman–Crippen LogP) is 2.35. The van der Waals surface area contributed by atoms with Crippen LogP contribution in [0.2, 0.25) is 0 Å². The Hall–Kier alpha value is -1.36. The van der Waals surface area contributed by atoms with E-state index in [1.807, 2.05) is 7.05 Å². The molecule has 0 spiro atoms. The van der Waals surface area contributed by atoms with Crippen molar-refractivity contribution < 1.29 is 0 Å². The highest BCUT2D eigenvalue weighted by Crippen LogP contribution is 2.26. The highest BCUT2D eigenvalue weighted by Gasteiger charge is 2.24. The van der Waals surface area contributed by atoms with Crippen LogP contribution in [-0.4, -0.2) is 55.1 Å². The van der Waals surface area contributed by atoms with Gasteiger partial charge in [-0.3, -0.25) is 0 Å². The molecule has 1 aliphatic rings. The maximum absolute atomic E-state index is 4.81. The number of nitrogens with zero attached hydrogens (tertiary/aromatic N) is 4. The van der Waals surface area contributed by atoms with Crippen LogP contribution in [-0.2, 0) is 5.41 Å². The van der Waals surface area contributed by atoms with Crippen LogP contribution in [0.1, 0.15) is 39.4 Å². The summed E-state index contributed by atoms with van der Waals surface area (Å²) >= 11 is 0. The first-order valence-electron chi connectivity index (χ1n) is 7.80. The van der Waals surface area contributed by atoms with E-state index in [0.717, 1.165) is 30.5 Å². The van der Waals surface area contributed by atoms with Crippen LogP contribution < -0.4 is 10.2 Å². The van der Waals surface area contributed by atoms with E-state index in [-0.39, 0.29) is 5.41 Å². The molecule has 0 aliphatic carbocycles. The quantitative estimate of drug-likeness (QED) is 0.926. The van der Waals surface area contributed by atoms with Gasteiger partial charge in [-0.15, -0.1) is 0 Å². The molecule has 1 fully saturated rings. The van der Waals surface area contributed by atoms with Crippen LogP contribution in [0, 0.1) is 0 Å². The van der Waals surface area contributed by atoms with Crippen molar-refractivity contribution in [2.75, 3.05) is 44.4 Å². The van der Waals surface area contributed by atoms with Crippen molar-refractivity contribution in [2.45, 2.75) is 45.1 Å². The first-order chi connectivity index (χ1) is 9.81. The monoisotopic (exact) mass is 291 g/mol. The van der Waals surface area contributed by atoms with Crippen LogP contribution in [0.4, 0.5) is 11.6 Å². The Morgan fingerprint density at radius 2 is 1.81 bits per heavy atom. The van der Waals surface area contributed by atoms with Crippen molar-refractivity contribution in [3.63, 3.8) is 0 Å². The van der Waals surface area contributed by atoms with Gasteiger partial charge in [-0.2, -0.15) is 0 Å². The first-order valence-corrected chi connectivity index (χ1v) is 7.80. The van der Waals surface area contributed by atoms with Gasteiger partial charge in [0.15, 0.2) is 0 Å². The van der Waals surface area contributed by atoms with E-state index in [1.165, 1.54) is 12.8 Å². The van der Waals surface area contributed by atoms with Crippen LogP contribution in [0.15, 0.2) is 6.07 Å². The van der Waals surface area contributed by atoms with Crippen molar-refractivity contribution in [3.8, 4) is 0 Å². The van der Waals surface area contributed by atoms with E-state index in [4.69, 9.17) is 4.98 Å². The van der Waals surface area contributed by atoms with Gasteiger partial charge in [0.2, 0.25) is 0 Å². The van der Waals surface area contributed by atoms with Crippen LogP contribution in [0.3, 0.4) is 0 Å². The minimum Gasteiger partial charge on any atom is -0.373 e. The molecule has 21 heavy (non-hydrogen) atoms. The number of aromatic nitrogens is 2. The summed E-state index contributed by atoms with van der Waals surface area (Å²) in [6.45, 7) is 8.59. The minimum absolute atomic E-state index is 0.0381. The van der Waals surface area contributed by atoms with E-state index < -0.39 is 0 Å². The summed E-state index contributed by atoms with van der Waals surface area (Å²) in [4.78, 5) is 14.1. The van der Waals surface area contributed by atoms with E-state index in [2.05, 4.69) is 61.0 Å². The molecule has 1 aromatic rings. The molecule has 0 unspecified atom stereocenters. The van der Waals surface area contributed by atoms with Gasteiger partial charge in [-0.05, 0) is 26.9 Å². The Morgan fingerprint density at radius 1 is 1.19 bits per heavy atom. The van der Waals surface area contributed by atoms with Crippen molar-refractivity contribution in [1.82, 2.24) is 14.9 Å². The minimum atomic E-state index is -0.0381. The molecular formula is C16H29N5. The number of hydrogen-bond donors (Lipinski definition) is 1. The Balaban J connectivity index is 2.20. The zero-order valence-corrected chi connectivity index (χ0v) is 14.3. The lowest BCUT2D eigenvalue weighted by atomic mass is 9.95. The summed E-state index contributed by atoms with van der Waals surface area (Å²) in [6.07, 6.45) is 2.38. The number of rotatable bonds is 3. The topological polar surface area (TPSA) is 44.3 Å². The molecule has 0 saturated carbocycles. The molecule has 2 heterocycles. The van der Waals surface area contributed by atoms with Crippen LogP contribution >= 0.6 is 0 Å². The Kier molecular flexibility index (Phi) is 4.71. The fourth-order valence-corrected chi connectivity index (χ4v) is 2.67. The second-order valence-electron chi connectivity index (χ2n) is 7.12. The lowest BCUT2D eigenvalue weighted by Crippen LogP contribution is -2.42. The first kappa shape index (κ1) is 16.0. The van der Waals surface area contributed by atoms with Gasteiger partial charge in [0, 0.05) is 37.7 Å². The lowest BCUT2D eigenvalue weighted by molar-refractivity contribution is 0.249. The highest BCUT2D eigenvalue weighted by molar-refractivity contribution is 5.50. The van der Waals surface area contributed by atoms with Gasteiger partial charge in [0.25, 0.3) is 0 Å². The number of piperidine rings is 1. The summed E-state index contributed by atoms with van der Waals surface area (Å²) in [6, 6.07) is 2.75. The van der Waals surface area contributed by atoms with E-state index in [9.17, 15) is 0 Å². The third kappa shape index (κ3) is 3.84. The molecule has 0 bridgehead atoms. The SMILES string of the molecule is CNc1cc(N2CCC(N(C)C)CC2)nc(C(C)(C)C)n1. The number of nitrogens with one attached hydrogen (secondary N) is 1. The van der Waals surface area contributed by atoms with E-state index in [1.54, 1.807) is 0 Å². The molecule has 1 N–H and O–H groups in total. The van der Waals surface area contributed by atoms with Gasteiger partial charge < -0.3 is 15.1 Å². The fraction of sp³-hybridized carbons (Fsp3) is 0.750. The lowest BCUT2D eigenvalue weighted by Gasteiger charge is -2.36. The predicted molar refractivity (Wildman–Crippen MR) is 89.2 cm³/mol. The maximum Gasteiger partial charge on any atom is 0.138 e. The molecule has 0 aromatic carbocycles. The average Bonchev–Trinajstić information content (AvgIpc) is 2.46. The number of anilines is 2. The Bertz CT molecular complexity index is 470. The zero-order chi connectivity index (χ0) is 15.6. The molecule has 0 radical (unpaired) electrons. The second kappa shape index (κ2) is 6.18. The summed E-state index contributed by atoms with van der Waals surface area (Å²) in [5.41, 5.74) is -0.0381. The molecule has 5 heteroatoms. The van der Waals surface area contributed by atoms with Crippen molar-refractivity contribution >= 4 is 11.6 Å². The van der Waals surface area contributed by atoms with Crippen molar-refractivity contribution in [1.29, 1.82) is 0 Å². The van der Waals surface area contributed by atoms with E-state index >= 15 is 0 Å². The van der Waals surface area contributed by atoms with Crippen LogP contribution in [0.25, 0.3) is 0 Å². The van der Waals surface area contributed by atoms with Gasteiger partial charge in [-0.25, -0.2) is 9.97 Å². The molecule has 1 aliphatic heterocycles. The molecule has 5 nitrogen and oxygen atoms in total. The van der Waals surface area contributed by atoms with Gasteiger partial charge >= 0.3 is 0 Å².